The van der Waals surface area contributed by atoms with Crippen molar-refractivity contribution in [2.75, 3.05) is 0 Å². The summed E-state index contributed by atoms with van der Waals surface area (Å²) in [6.45, 7) is 1.90. The number of aryl methyl sites for hydroxylation is 3. The van der Waals surface area contributed by atoms with Gasteiger partial charge in [-0.15, -0.1) is 0 Å². The lowest BCUT2D eigenvalue weighted by atomic mass is 9.89. The lowest BCUT2D eigenvalue weighted by Crippen LogP contribution is -2.39. The van der Waals surface area contributed by atoms with Crippen molar-refractivity contribution in [3.05, 3.63) is 58.2 Å². The number of carbonyl (C=O) groups excluding carboxylic acids is 2. The van der Waals surface area contributed by atoms with E-state index in [0.29, 0.717) is 12.0 Å². The van der Waals surface area contributed by atoms with Crippen molar-refractivity contribution in [3.63, 3.8) is 0 Å². The molecular weight excluding hydrogens is 314 g/mol. The summed E-state index contributed by atoms with van der Waals surface area (Å²) < 4.78 is 0. The first kappa shape index (κ1) is 15.9. The molecule has 0 aliphatic heterocycles. The smallest absolute Gasteiger partial charge is 0.251 e. The Labute approximate surface area is 146 Å². The molecule has 5 heteroatoms. The second-order valence-corrected chi connectivity index (χ2v) is 6.95. The Hall–Kier alpha value is -2.56. The van der Waals surface area contributed by atoms with Gasteiger partial charge in [-0.05, 0) is 62.3 Å². The summed E-state index contributed by atoms with van der Waals surface area (Å²) in [5.41, 5.74) is 4.64. The van der Waals surface area contributed by atoms with Gasteiger partial charge in [0.25, 0.3) is 5.91 Å². The van der Waals surface area contributed by atoms with Gasteiger partial charge in [-0.25, -0.2) is 9.97 Å². The van der Waals surface area contributed by atoms with Crippen LogP contribution in [0.2, 0.25) is 0 Å². The highest BCUT2D eigenvalue weighted by Gasteiger charge is 2.23. The van der Waals surface area contributed by atoms with Gasteiger partial charge < -0.3 is 5.32 Å². The molecule has 1 amide bonds. The minimum Gasteiger partial charge on any atom is -0.349 e. The third-order valence-corrected chi connectivity index (χ3v) is 5.12. The van der Waals surface area contributed by atoms with Crippen LogP contribution >= 0.6 is 0 Å². The quantitative estimate of drug-likeness (QED) is 0.915. The maximum absolute atomic E-state index is 12.6. The lowest BCUT2D eigenvalue weighted by Gasteiger charge is -2.25. The molecule has 2 aromatic rings. The Morgan fingerprint density at radius 1 is 1.20 bits per heavy atom. The van der Waals surface area contributed by atoms with Crippen molar-refractivity contribution in [2.24, 2.45) is 0 Å². The number of aromatic nitrogens is 2. The number of nitrogens with one attached hydrogen (secondary N) is 1. The van der Waals surface area contributed by atoms with E-state index in [1.165, 1.54) is 0 Å². The summed E-state index contributed by atoms with van der Waals surface area (Å²) in [6.07, 6.45) is 6.75. The lowest BCUT2D eigenvalue weighted by molar-refractivity contribution is 0.0929. The minimum atomic E-state index is -0.0673. The maximum atomic E-state index is 12.6. The zero-order valence-electron chi connectivity index (χ0n) is 14.3. The van der Waals surface area contributed by atoms with Crippen LogP contribution in [0.1, 0.15) is 62.6 Å². The van der Waals surface area contributed by atoms with E-state index in [2.05, 4.69) is 15.3 Å². The van der Waals surface area contributed by atoms with Crippen molar-refractivity contribution in [1.82, 2.24) is 15.3 Å². The van der Waals surface area contributed by atoms with Crippen molar-refractivity contribution in [2.45, 2.75) is 51.5 Å². The molecule has 25 heavy (non-hydrogen) atoms. The zero-order valence-corrected chi connectivity index (χ0v) is 14.3. The van der Waals surface area contributed by atoms with Crippen LogP contribution in [0.5, 0.6) is 0 Å². The molecule has 1 unspecified atom stereocenters. The average molecular weight is 335 g/mol. The molecule has 1 aromatic carbocycles. The summed E-state index contributed by atoms with van der Waals surface area (Å²) in [5.74, 6) is 0.916. The molecule has 1 aromatic heterocycles. The van der Waals surface area contributed by atoms with Gasteiger partial charge in [0.2, 0.25) is 0 Å². The second kappa shape index (κ2) is 6.39. The van der Waals surface area contributed by atoms with Crippen LogP contribution in [0, 0.1) is 6.92 Å². The molecule has 1 N–H and O–H groups in total. The zero-order chi connectivity index (χ0) is 17.4. The Bertz CT molecular complexity index is 860. The first-order valence-electron chi connectivity index (χ1n) is 8.88. The molecule has 2 aliphatic carbocycles. The first-order valence-corrected chi connectivity index (χ1v) is 8.88. The van der Waals surface area contributed by atoms with Crippen LogP contribution in [0.25, 0.3) is 0 Å². The summed E-state index contributed by atoms with van der Waals surface area (Å²) in [7, 11) is 0. The molecule has 0 spiro atoms. The van der Waals surface area contributed by atoms with Crippen LogP contribution in [0.15, 0.2) is 24.4 Å². The maximum Gasteiger partial charge on any atom is 0.251 e. The van der Waals surface area contributed by atoms with Gasteiger partial charge in [0, 0.05) is 35.5 Å². The monoisotopic (exact) mass is 335 g/mol. The third-order valence-electron chi connectivity index (χ3n) is 5.12. The fourth-order valence-electron chi connectivity index (χ4n) is 3.79. The Morgan fingerprint density at radius 2 is 2.08 bits per heavy atom. The number of benzene rings is 1. The highest BCUT2D eigenvalue weighted by molar-refractivity contribution is 6.01. The van der Waals surface area contributed by atoms with Crippen LogP contribution in [0.4, 0.5) is 0 Å². The summed E-state index contributed by atoms with van der Waals surface area (Å²) in [5, 5.41) is 3.13. The predicted molar refractivity (Wildman–Crippen MR) is 93.8 cm³/mol. The molecule has 0 bridgehead atoms. The highest BCUT2D eigenvalue weighted by atomic mass is 16.1. The molecular formula is C20H21N3O2. The number of ketones is 1. The van der Waals surface area contributed by atoms with Gasteiger partial charge in [0.1, 0.15) is 5.82 Å². The highest BCUT2D eigenvalue weighted by Crippen LogP contribution is 2.23. The van der Waals surface area contributed by atoms with E-state index < -0.39 is 0 Å². The number of Topliss-reactive ketones (excluding diaryl/α,β-unsaturated/α-hetero) is 1. The van der Waals surface area contributed by atoms with Crippen LogP contribution in [0.3, 0.4) is 0 Å². The number of carbonyl (C=O) groups is 2. The molecule has 0 saturated carbocycles. The minimum absolute atomic E-state index is 0.0673. The number of rotatable bonds is 2. The van der Waals surface area contributed by atoms with Crippen LogP contribution in [-0.4, -0.2) is 27.7 Å². The molecule has 0 saturated heterocycles. The second-order valence-electron chi connectivity index (χ2n) is 6.95. The molecule has 1 heterocycles. The largest absolute Gasteiger partial charge is 0.349 e. The molecule has 128 valence electrons. The Kier molecular flexibility index (Phi) is 4.07. The number of nitrogens with zero attached hydrogens (tertiary/aromatic N) is 2. The Morgan fingerprint density at radius 3 is 2.96 bits per heavy atom. The molecule has 0 fully saturated rings. The van der Waals surface area contributed by atoms with Crippen molar-refractivity contribution in [1.29, 1.82) is 0 Å². The molecule has 4 rings (SSSR count). The summed E-state index contributed by atoms with van der Waals surface area (Å²) in [6, 6.07) is 5.55. The van der Waals surface area contributed by atoms with E-state index in [0.717, 1.165) is 60.3 Å². The van der Waals surface area contributed by atoms with E-state index >= 15 is 0 Å². The molecule has 0 radical (unpaired) electrons. The van der Waals surface area contributed by atoms with E-state index in [1.54, 1.807) is 12.1 Å². The topological polar surface area (TPSA) is 72.0 Å². The summed E-state index contributed by atoms with van der Waals surface area (Å²) >= 11 is 0. The Balaban J connectivity index is 1.47. The van der Waals surface area contributed by atoms with Gasteiger partial charge in [0.15, 0.2) is 5.78 Å². The van der Waals surface area contributed by atoms with E-state index in [4.69, 9.17) is 0 Å². The van der Waals surface area contributed by atoms with E-state index in [1.807, 2.05) is 19.2 Å². The number of amides is 1. The number of hydrogen-bond donors (Lipinski definition) is 1. The van der Waals surface area contributed by atoms with Crippen molar-refractivity contribution < 1.29 is 9.59 Å². The number of fused-ring (bicyclic) bond motifs is 2. The van der Waals surface area contributed by atoms with Gasteiger partial charge in [-0.2, -0.15) is 0 Å². The van der Waals surface area contributed by atoms with Gasteiger partial charge in [-0.3, -0.25) is 9.59 Å². The third kappa shape index (κ3) is 3.18. The van der Waals surface area contributed by atoms with Crippen molar-refractivity contribution in [3.8, 4) is 0 Å². The van der Waals surface area contributed by atoms with E-state index in [-0.39, 0.29) is 17.7 Å². The van der Waals surface area contributed by atoms with E-state index in [9.17, 15) is 9.59 Å². The van der Waals surface area contributed by atoms with Crippen molar-refractivity contribution >= 4 is 11.7 Å². The van der Waals surface area contributed by atoms with Crippen LogP contribution < -0.4 is 5.32 Å². The molecule has 2 aliphatic rings. The standard InChI is InChI=1S/C20H21N3O2/c1-12-21-11-15-10-16(6-8-18(15)22-12)23-20(25)14-5-7-17-13(9-14)3-2-4-19(17)24/h5,7,9,11,16H,2-4,6,8,10H2,1H3,(H,23,25). The van der Waals surface area contributed by atoms with Gasteiger partial charge in [0.05, 0.1) is 0 Å². The normalized spacial score (nSPS) is 19.1. The van der Waals surface area contributed by atoms with Gasteiger partial charge in [-0.1, -0.05) is 6.07 Å². The average Bonchev–Trinajstić information content (AvgIpc) is 2.62. The van der Waals surface area contributed by atoms with Crippen LogP contribution in [-0.2, 0) is 19.3 Å². The molecule has 5 nitrogen and oxygen atoms in total. The fourth-order valence-corrected chi connectivity index (χ4v) is 3.79. The SMILES string of the molecule is Cc1ncc2c(n1)CCC(NC(=O)c1ccc3c(c1)CCCC3=O)C2. The number of hydrogen-bond acceptors (Lipinski definition) is 4. The fraction of sp³-hybridized carbons (Fsp3) is 0.400. The first-order chi connectivity index (χ1) is 12.1. The predicted octanol–water partition coefficient (Wildman–Crippen LogP) is 2.59. The molecule has 1 atom stereocenters. The van der Waals surface area contributed by atoms with Gasteiger partial charge >= 0.3 is 0 Å². The summed E-state index contributed by atoms with van der Waals surface area (Å²) in [4.78, 5) is 33.3.